The molecule has 96 valence electrons. The number of primary amides is 1. The summed E-state index contributed by atoms with van der Waals surface area (Å²) in [6, 6.07) is 3.88. The van der Waals surface area contributed by atoms with Gasteiger partial charge in [0.15, 0.2) is 0 Å². The molecule has 0 radical (unpaired) electrons. The fourth-order valence-corrected chi connectivity index (χ4v) is 2.70. The third-order valence-corrected chi connectivity index (χ3v) is 3.72. The molecule has 3 rings (SSSR count). The average molecular weight is 272 g/mol. The van der Waals surface area contributed by atoms with Gasteiger partial charge in [0.05, 0.1) is 17.9 Å². The largest absolute Gasteiger partial charge is 0.366 e. The lowest BCUT2D eigenvalue weighted by Gasteiger charge is -2.29. The summed E-state index contributed by atoms with van der Waals surface area (Å²) in [4.78, 5) is 22.0. The predicted molar refractivity (Wildman–Crippen MR) is 74.6 cm³/mol. The van der Waals surface area contributed by atoms with Gasteiger partial charge in [0.1, 0.15) is 5.01 Å². The highest BCUT2D eigenvalue weighted by Crippen LogP contribution is 2.28. The molecule has 0 spiro atoms. The van der Waals surface area contributed by atoms with Gasteiger partial charge in [-0.15, -0.1) is 11.3 Å². The first-order valence-corrected chi connectivity index (χ1v) is 6.71. The first kappa shape index (κ1) is 11.9. The number of rotatable bonds is 3. The number of carbonyl (C=O) groups excluding carboxylic acids is 1. The number of nitrogens with zero attached hydrogens (tertiary/aromatic N) is 3. The Balaban J connectivity index is 1.97. The normalized spacial score (nSPS) is 13.9. The number of hydrogen-bond acceptors (Lipinski definition) is 5. The predicted octanol–water partition coefficient (Wildman–Crippen LogP) is 1.43. The molecule has 6 heteroatoms. The maximum absolute atomic E-state index is 11.4. The Morgan fingerprint density at radius 2 is 2.32 bits per heavy atom. The van der Waals surface area contributed by atoms with Crippen LogP contribution in [0.5, 0.6) is 0 Å². The standard InChI is InChI=1S/C13H12N4OS/c14-13(18)9-6-10-11(2-1-3-15-10)17(7-9)8-12-16-4-5-19-12/h1-6H,7-8H2,(H2,14,18). The van der Waals surface area contributed by atoms with Crippen LogP contribution >= 0.6 is 11.3 Å². The van der Waals surface area contributed by atoms with Crippen LogP contribution in [0.3, 0.4) is 0 Å². The number of amides is 1. The molecule has 1 aliphatic heterocycles. The Morgan fingerprint density at radius 1 is 1.42 bits per heavy atom. The van der Waals surface area contributed by atoms with Crippen molar-refractivity contribution in [3.8, 4) is 0 Å². The second-order valence-electron chi connectivity index (χ2n) is 4.22. The summed E-state index contributed by atoms with van der Waals surface area (Å²) < 4.78 is 0. The minimum Gasteiger partial charge on any atom is -0.366 e. The zero-order chi connectivity index (χ0) is 13.2. The lowest BCUT2D eigenvalue weighted by atomic mass is 10.1. The van der Waals surface area contributed by atoms with Gasteiger partial charge in [0, 0.05) is 29.9 Å². The van der Waals surface area contributed by atoms with Crippen molar-refractivity contribution in [3.63, 3.8) is 0 Å². The van der Waals surface area contributed by atoms with Crippen LogP contribution in [0.25, 0.3) is 6.08 Å². The molecule has 0 saturated heterocycles. The Kier molecular flexibility index (Phi) is 3.00. The number of fused-ring (bicyclic) bond motifs is 1. The Hall–Kier alpha value is -2.21. The highest BCUT2D eigenvalue weighted by atomic mass is 32.1. The third kappa shape index (κ3) is 2.34. The number of hydrogen-bond donors (Lipinski definition) is 1. The van der Waals surface area contributed by atoms with E-state index in [1.165, 1.54) is 0 Å². The van der Waals surface area contributed by atoms with Gasteiger partial charge in [-0.3, -0.25) is 9.78 Å². The maximum atomic E-state index is 11.4. The van der Waals surface area contributed by atoms with E-state index in [1.54, 1.807) is 29.8 Å². The van der Waals surface area contributed by atoms with Crippen LogP contribution in [0.2, 0.25) is 0 Å². The fraction of sp³-hybridized carbons (Fsp3) is 0.154. The van der Waals surface area contributed by atoms with Crippen molar-refractivity contribution in [2.75, 3.05) is 11.4 Å². The molecule has 2 aromatic heterocycles. The summed E-state index contributed by atoms with van der Waals surface area (Å²) in [5.41, 5.74) is 7.74. The Bertz CT molecular complexity index is 636. The van der Waals surface area contributed by atoms with Gasteiger partial charge < -0.3 is 10.6 Å². The molecule has 2 N–H and O–H groups in total. The zero-order valence-corrected chi connectivity index (χ0v) is 10.9. The van der Waals surface area contributed by atoms with Gasteiger partial charge in [0.25, 0.3) is 0 Å². The molecule has 0 saturated carbocycles. The second kappa shape index (κ2) is 4.81. The van der Waals surface area contributed by atoms with Crippen LogP contribution in [0.4, 0.5) is 5.69 Å². The molecule has 0 atom stereocenters. The zero-order valence-electron chi connectivity index (χ0n) is 10.1. The van der Waals surface area contributed by atoms with Crippen molar-refractivity contribution in [3.05, 3.63) is 46.2 Å². The summed E-state index contributed by atoms with van der Waals surface area (Å²) in [5, 5.41) is 2.94. The SMILES string of the molecule is NC(=O)C1=Cc2ncccc2N(Cc2nccs2)C1. The fourth-order valence-electron chi connectivity index (χ4n) is 2.07. The average Bonchev–Trinajstić information content (AvgIpc) is 2.91. The van der Waals surface area contributed by atoms with Gasteiger partial charge in [-0.05, 0) is 18.2 Å². The summed E-state index contributed by atoms with van der Waals surface area (Å²) in [6.45, 7) is 1.15. The summed E-state index contributed by atoms with van der Waals surface area (Å²) >= 11 is 1.59. The number of thiazole rings is 1. The van der Waals surface area contributed by atoms with Crippen LogP contribution < -0.4 is 10.6 Å². The van der Waals surface area contributed by atoms with Crippen molar-refractivity contribution in [1.82, 2.24) is 9.97 Å². The molecular weight excluding hydrogens is 260 g/mol. The molecule has 5 nitrogen and oxygen atoms in total. The number of pyridine rings is 1. The van der Waals surface area contributed by atoms with E-state index in [4.69, 9.17) is 5.73 Å². The molecule has 1 amide bonds. The molecule has 1 aliphatic rings. The molecule has 0 aromatic carbocycles. The molecule has 0 unspecified atom stereocenters. The summed E-state index contributed by atoms with van der Waals surface area (Å²) in [5.74, 6) is -0.402. The van der Waals surface area contributed by atoms with Gasteiger partial charge in [-0.2, -0.15) is 0 Å². The van der Waals surface area contributed by atoms with Crippen molar-refractivity contribution >= 4 is 29.0 Å². The van der Waals surface area contributed by atoms with E-state index in [9.17, 15) is 4.79 Å². The van der Waals surface area contributed by atoms with E-state index in [0.717, 1.165) is 16.4 Å². The molecule has 2 aromatic rings. The molecule has 3 heterocycles. The topological polar surface area (TPSA) is 72.1 Å². The van der Waals surface area contributed by atoms with Gasteiger partial charge >= 0.3 is 0 Å². The van der Waals surface area contributed by atoms with Crippen molar-refractivity contribution in [2.45, 2.75) is 6.54 Å². The highest BCUT2D eigenvalue weighted by Gasteiger charge is 2.21. The number of carbonyl (C=O) groups is 1. The number of nitrogens with two attached hydrogens (primary N) is 1. The van der Waals surface area contributed by atoms with Gasteiger partial charge in [-0.25, -0.2) is 4.98 Å². The molecule has 0 aliphatic carbocycles. The highest BCUT2D eigenvalue weighted by molar-refractivity contribution is 7.09. The summed E-state index contributed by atoms with van der Waals surface area (Å²) in [6.07, 6.45) is 5.25. The second-order valence-corrected chi connectivity index (χ2v) is 5.20. The summed E-state index contributed by atoms with van der Waals surface area (Å²) in [7, 11) is 0. The lowest BCUT2D eigenvalue weighted by molar-refractivity contribution is -0.114. The smallest absolute Gasteiger partial charge is 0.246 e. The third-order valence-electron chi connectivity index (χ3n) is 2.96. The quantitative estimate of drug-likeness (QED) is 0.917. The van der Waals surface area contributed by atoms with E-state index in [1.807, 2.05) is 17.5 Å². The van der Waals surface area contributed by atoms with E-state index in [-0.39, 0.29) is 0 Å². The van der Waals surface area contributed by atoms with E-state index < -0.39 is 5.91 Å². The van der Waals surface area contributed by atoms with Gasteiger partial charge in [0.2, 0.25) is 5.91 Å². The van der Waals surface area contributed by atoms with Crippen molar-refractivity contribution < 1.29 is 4.79 Å². The monoisotopic (exact) mass is 272 g/mol. The van der Waals surface area contributed by atoms with Gasteiger partial charge in [-0.1, -0.05) is 0 Å². The number of anilines is 1. The van der Waals surface area contributed by atoms with Crippen LogP contribution in [0, 0.1) is 0 Å². The Morgan fingerprint density at radius 3 is 3.05 bits per heavy atom. The molecule has 0 bridgehead atoms. The van der Waals surface area contributed by atoms with Crippen LogP contribution in [-0.2, 0) is 11.3 Å². The Labute approximate surface area is 114 Å². The van der Waals surface area contributed by atoms with Crippen molar-refractivity contribution in [1.29, 1.82) is 0 Å². The maximum Gasteiger partial charge on any atom is 0.246 e. The molecular formula is C13H12N4OS. The van der Waals surface area contributed by atoms with E-state index >= 15 is 0 Å². The minimum absolute atomic E-state index is 0.402. The van der Waals surface area contributed by atoms with E-state index in [2.05, 4.69) is 14.9 Å². The minimum atomic E-state index is -0.402. The number of aromatic nitrogens is 2. The van der Waals surface area contributed by atoms with Crippen LogP contribution in [-0.4, -0.2) is 22.4 Å². The molecule has 19 heavy (non-hydrogen) atoms. The van der Waals surface area contributed by atoms with E-state index in [0.29, 0.717) is 18.7 Å². The van der Waals surface area contributed by atoms with Crippen LogP contribution in [0.1, 0.15) is 10.7 Å². The lowest BCUT2D eigenvalue weighted by Crippen LogP contribution is -2.33. The first-order valence-electron chi connectivity index (χ1n) is 5.83. The van der Waals surface area contributed by atoms with Crippen LogP contribution in [0.15, 0.2) is 35.5 Å². The first-order chi connectivity index (χ1) is 9.24. The van der Waals surface area contributed by atoms with Crippen molar-refractivity contribution in [2.24, 2.45) is 5.73 Å². The molecule has 0 fully saturated rings.